The maximum absolute atomic E-state index is 11.7. The lowest BCUT2D eigenvalue weighted by atomic mass is 9.86. The van der Waals surface area contributed by atoms with Crippen molar-refractivity contribution in [2.45, 2.75) is 44.1 Å². The smallest absolute Gasteiger partial charge is 0.337 e. The number of hydrogen-bond acceptors (Lipinski definition) is 5. The molecule has 0 amide bonds. The van der Waals surface area contributed by atoms with E-state index in [2.05, 4.69) is 0 Å². The highest BCUT2D eigenvalue weighted by atomic mass is 16.8. The highest BCUT2D eigenvalue weighted by molar-refractivity contribution is 5.89. The number of benzene rings is 1. The van der Waals surface area contributed by atoms with Gasteiger partial charge in [-0.15, -0.1) is 0 Å². The number of rotatable bonds is 1. The molecule has 0 unspecified atom stereocenters. The van der Waals surface area contributed by atoms with Gasteiger partial charge in [-0.1, -0.05) is 6.07 Å². The Hall–Kier alpha value is -1.43. The van der Waals surface area contributed by atoms with E-state index < -0.39 is 5.79 Å². The molecule has 4 rings (SSSR count). The molecule has 0 radical (unpaired) electrons. The van der Waals surface area contributed by atoms with Gasteiger partial charge in [0.2, 0.25) is 0 Å². The average Bonchev–Trinajstić information content (AvgIpc) is 3.15. The number of hydrogen-bond donors (Lipinski definition) is 0. The van der Waals surface area contributed by atoms with E-state index in [0.717, 1.165) is 11.1 Å². The molecule has 0 spiro atoms. The number of ether oxygens (including phenoxy) is 4. The molecular formula is C15H16O5. The Morgan fingerprint density at radius 1 is 1.15 bits per heavy atom. The number of carbonyl (C=O) groups is 1. The van der Waals surface area contributed by atoms with Gasteiger partial charge in [-0.25, -0.2) is 4.79 Å². The van der Waals surface area contributed by atoms with Gasteiger partial charge in [-0.3, -0.25) is 0 Å². The molecule has 2 aliphatic heterocycles. The molecule has 1 aliphatic carbocycles. The Morgan fingerprint density at radius 2 is 1.95 bits per heavy atom. The van der Waals surface area contributed by atoms with Crippen LogP contribution in [0.2, 0.25) is 0 Å². The predicted molar refractivity (Wildman–Crippen MR) is 68.2 cm³/mol. The van der Waals surface area contributed by atoms with Crippen molar-refractivity contribution in [3.05, 3.63) is 34.9 Å². The number of methoxy groups -OCH3 is 1. The Balaban J connectivity index is 1.79. The van der Waals surface area contributed by atoms with Gasteiger partial charge in [0.05, 0.1) is 12.7 Å². The van der Waals surface area contributed by atoms with Gasteiger partial charge in [-0.05, 0) is 37.1 Å². The van der Waals surface area contributed by atoms with Gasteiger partial charge in [-0.2, -0.15) is 0 Å². The number of epoxide rings is 1. The van der Waals surface area contributed by atoms with Crippen molar-refractivity contribution in [1.82, 2.24) is 0 Å². The van der Waals surface area contributed by atoms with Crippen molar-refractivity contribution >= 4 is 5.97 Å². The van der Waals surface area contributed by atoms with Crippen molar-refractivity contribution in [3.8, 4) is 0 Å². The third-order valence-corrected chi connectivity index (χ3v) is 4.10. The van der Waals surface area contributed by atoms with Gasteiger partial charge < -0.3 is 18.9 Å². The minimum atomic E-state index is -0.630. The summed E-state index contributed by atoms with van der Waals surface area (Å²) in [4.78, 5) is 11.7. The van der Waals surface area contributed by atoms with Gasteiger partial charge in [0.1, 0.15) is 24.4 Å². The molecule has 0 N–H and O–H groups in total. The summed E-state index contributed by atoms with van der Waals surface area (Å²) in [5, 5.41) is 0. The fraction of sp³-hybridized carbons (Fsp3) is 0.533. The first kappa shape index (κ1) is 12.3. The lowest BCUT2D eigenvalue weighted by Gasteiger charge is -2.23. The molecule has 20 heavy (non-hydrogen) atoms. The Bertz CT molecular complexity index is 594. The van der Waals surface area contributed by atoms with Crippen LogP contribution in [-0.4, -0.2) is 31.1 Å². The molecule has 1 aromatic rings. The maximum Gasteiger partial charge on any atom is 0.337 e. The fourth-order valence-electron chi connectivity index (χ4n) is 3.22. The minimum absolute atomic E-state index is 0.0652. The van der Waals surface area contributed by atoms with Crippen LogP contribution in [0.5, 0.6) is 0 Å². The molecule has 2 fully saturated rings. The third kappa shape index (κ3) is 1.63. The largest absolute Gasteiger partial charge is 0.465 e. The van der Waals surface area contributed by atoms with Crippen LogP contribution in [0, 0.1) is 0 Å². The van der Waals surface area contributed by atoms with Crippen molar-refractivity contribution in [2.75, 3.05) is 7.11 Å². The van der Waals surface area contributed by atoms with Crippen molar-refractivity contribution in [1.29, 1.82) is 0 Å². The van der Waals surface area contributed by atoms with E-state index in [1.807, 2.05) is 26.0 Å². The summed E-state index contributed by atoms with van der Waals surface area (Å²) in [6, 6.07) is 5.53. The summed E-state index contributed by atoms with van der Waals surface area (Å²) in [7, 11) is 1.38. The summed E-state index contributed by atoms with van der Waals surface area (Å²) in [5.74, 6) is -0.976. The topological polar surface area (TPSA) is 57.3 Å². The SMILES string of the molecule is COC(=O)c1ccc2c(c1)[C@H]1OC(C)(C)O[C@H]1[C@@H]1O[C@H]21. The molecule has 4 atom stereocenters. The Labute approximate surface area is 116 Å². The van der Waals surface area contributed by atoms with Crippen LogP contribution < -0.4 is 0 Å². The highest BCUT2D eigenvalue weighted by Gasteiger charge is 2.60. The molecule has 2 heterocycles. The Morgan fingerprint density at radius 3 is 2.70 bits per heavy atom. The monoisotopic (exact) mass is 276 g/mol. The van der Waals surface area contributed by atoms with Crippen LogP contribution >= 0.6 is 0 Å². The van der Waals surface area contributed by atoms with Gasteiger partial charge in [0.25, 0.3) is 0 Å². The van der Waals surface area contributed by atoms with Crippen LogP contribution in [-0.2, 0) is 18.9 Å². The van der Waals surface area contributed by atoms with Gasteiger partial charge in [0.15, 0.2) is 5.79 Å². The van der Waals surface area contributed by atoms with E-state index in [1.54, 1.807) is 6.07 Å². The molecular weight excluding hydrogens is 260 g/mol. The second kappa shape index (κ2) is 3.81. The van der Waals surface area contributed by atoms with E-state index in [-0.39, 0.29) is 30.4 Å². The predicted octanol–water partition coefficient (Wildman–Crippen LogP) is 2.12. The minimum Gasteiger partial charge on any atom is -0.465 e. The summed E-state index contributed by atoms with van der Waals surface area (Å²) in [5.41, 5.74) is 2.59. The van der Waals surface area contributed by atoms with E-state index in [4.69, 9.17) is 18.9 Å². The second-order valence-corrected chi connectivity index (χ2v) is 5.88. The first-order valence-corrected chi connectivity index (χ1v) is 6.73. The molecule has 3 aliphatic rings. The van der Waals surface area contributed by atoms with Crippen LogP contribution in [0.4, 0.5) is 0 Å². The normalized spacial score (nSPS) is 35.8. The van der Waals surface area contributed by atoms with Crippen molar-refractivity contribution in [2.24, 2.45) is 0 Å². The lowest BCUT2D eigenvalue weighted by molar-refractivity contribution is -0.148. The number of fused-ring (bicyclic) bond motifs is 6. The van der Waals surface area contributed by atoms with Crippen LogP contribution in [0.15, 0.2) is 18.2 Å². The fourth-order valence-corrected chi connectivity index (χ4v) is 3.22. The molecule has 2 saturated heterocycles. The molecule has 1 aromatic carbocycles. The second-order valence-electron chi connectivity index (χ2n) is 5.88. The third-order valence-electron chi connectivity index (χ3n) is 4.10. The average molecular weight is 276 g/mol. The standard InChI is InChI=1S/C15H16O5/c1-15(2)19-11-9-6-7(14(16)17-3)4-5-8(9)10-12(18-10)13(11)20-15/h4-6,10-13H,1-3H3/t10-,11-,12-,13-/m1/s1. The molecule has 5 heteroatoms. The molecule has 0 bridgehead atoms. The first-order valence-electron chi connectivity index (χ1n) is 6.73. The van der Waals surface area contributed by atoms with Crippen LogP contribution in [0.25, 0.3) is 0 Å². The Kier molecular flexibility index (Phi) is 2.35. The van der Waals surface area contributed by atoms with Gasteiger partial charge >= 0.3 is 5.97 Å². The van der Waals surface area contributed by atoms with Crippen molar-refractivity contribution in [3.63, 3.8) is 0 Å². The van der Waals surface area contributed by atoms with E-state index in [1.165, 1.54) is 7.11 Å². The molecule has 0 saturated carbocycles. The van der Waals surface area contributed by atoms with Crippen LogP contribution in [0.3, 0.4) is 0 Å². The zero-order valence-electron chi connectivity index (χ0n) is 11.6. The summed E-state index contributed by atoms with van der Waals surface area (Å²) < 4.78 is 22.4. The number of carbonyl (C=O) groups excluding carboxylic acids is 1. The van der Waals surface area contributed by atoms with E-state index in [9.17, 15) is 4.79 Å². The van der Waals surface area contributed by atoms with Crippen molar-refractivity contribution < 1.29 is 23.7 Å². The quantitative estimate of drug-likeness (QED) is 0.581. The molecule has 0 aromatic heterocycles. The highest BCUT2D eigenvalue weighted by Crippen LogP contribution is 2.57. The summed E-state index contributed by atoms with van der Waals surface area (Å²) in [6.45, 7) is 3.79. The lowest BCUT2D eigenvalue weighted by Crippen LogP contribution is -2.28. The van der Waals surface area contributed by atoms with E-state index in [0.29, 0.717) is 5.56 Å². The zero-order chi connectivity index (χ0) is 14.1. The van der Waals surface area contributed by atoms with Crippen LogP contribution in [0.1, 0.15) is 47.5 Å². The maximum atomic E-state index is 11.7. The molecule has 106 valence electrons. The summed E-state index contributed by atoms with van der Waals surface area (Å²) in [6.07, 6.45) is -0.155. The van der Waals surface area contributed by atoms with E-state index >= 15 is 0 Å². The van der Waals surface area contributed by atoms with Gasteiger partial charge in [0, 0.05) is 0 Å². The first-order chi connectivity index (χ1) is 9.50. The zero-order valence-corrected chi connectivity index (χ0v) is 11.6. The number of esters is 1. The molecule has 5 nitrogen and oxygen atoms in total. The summed E-state index contributed by atoms with van der Waals surface area (Å²) >= 11 is 0.